The van der Waals surface area contributed by atoms with Gasteiger partial charge in [-0.2, -0.15) is 0 Å². The zero-order chi connectivity index (χ0) is 23.4. The number of allylic oxidation sites excluding steroid dienone is 4. The first-order valence-electron chi connectivity index (χ1n) is 12.2. The van der Waals surface area contributed by atoms with Crippen LogP contribution in [0.25, 0.3) is 11.1 Å². The minimum absolute atomic E-state index is 0. The molecule has 0 amide bonds. The van der Waals surface area contributed by atoms with Crippen LogP contribution in [0.5, 0.6) is 0 Å². The van der Waals surface area contributed by atoms with Crippen LogP contribution >= 0.6 is 24.8 Å². The van der Waals surface area contributed by atoms with Crippen LogP contribution in [-0.2, 0) is 24.7 Å². The van der Waals surface area contributed by atoms with Crippen LogP contribution < -0.4 is 9.81 Å². The molecule has 0 heterocycles. The summed E-state index contributed by atoms with van der Waals surface area (Å²) in [6.07, 6.45) is 8.92. The first-order chi connectivity index (χ1) is 16.5. The predicted molar refractivity (Wildman–Crippen MR) is 159 cm³/mol. The maximum absolute atomic E-state index is 5.52. The summed E-state index contributed by atoms with van der Waals surface area (Å²) in [5.74, 6) is 0. The first kappa shape index (κ1) is 26.7. The number of benzene rings is 4. The summed E-state index contributed by atoms with van der Waals surface area (Å²) in [5.41, 5.74) is 8.30. The summed E-state index contributed by atoms with van der Waals surface area (Å²) in [4.78, 5) is 0. The van der Waals surface area contributed by atoms with Gasteiger partial charge in [-0.05, 0) is 0 Å². The molecule has 182 valence electrons. The van der Waals surface area contributed by atoms with E-state index in [1.165, 1.54) is 46.5 Å². The molecule has 4 aromatic rings. The Bertz CT molecular complexity index is 1540. The molecule has 0 bridgehead atoms. The van der Waals surface area contributed by atoms with Crippen LogP contribution in [0.4, 0.5) is 0 Å². The molecule has 36 heavy (non-hydrogen) atoms. The zero-order valence-corrected chi connectivity index (χ0v) is 24.9. The quantitative estimate of drug-likeness (QED) is 0.212. The van der Waals surface area contributed by atoms with E-state index in [2.05, 4.69) is 123 Å². The number of rotatable bonds is 4. The molecule has 0 atom stereocenters. The Morgan fingerprint density at radius 2 is 1.31 bits per heavy atom. The van der Waals surface area contributed by atoms with Gasteiger partial charge in [0.1, 0.15) is 0 Å². The van der Waals surface area contributed by atoms with Crippen molar-refractivity contribution in [3.63, 3.8) is 0 Å². The minimum atomic E-state index is -4.52. The predicted octanol–water partition coefficient (Wildman–Crippen LogP) is 6.96. The van der Waals surface area contributed by atoms with Gasteiger partial charge in [0.05, 0.1) is 0 Å². The molecule has 4 aromatic carbocycles. The van der Waals surface area contributed by atoms with Gasteiger partial charge in [0, 0.05) is 0 Å². The van der Waals surface area contributed by atoms with Crippen molar-refractivity contribution < 1.29 is 18.3 Å². The van der Waals surface area contributed by atoms with E-state index in [0.717, 1.165) is 12.8 Å². The van der Waals surface area contributed by atoms with E-state index < -0.39 is 18.3 Å². The van der Waals surface area contributed by atoms with Crippen molar-refractivity contribution in [1.29, 1.82) is 0 Å². The fraction of sp³-hybridized carbons (Fsp3) is 0.121. The van der Waals surface area contributed by atoms with Crippen LogP contribution in [-0.4, -0.2) is 4.21 Å². The third kappa shape index (κ3) is 3.71. The van der Waals surface area contributed by atoms with Crippen LogP contribution in [0.15, 0.2) is 113 Å². The van der Waals surface area contributed by atoms with Crippen LogP contribution in [0.2, 0.25) is 0 Å². The van der Waals surface area contributed by atoms with E-state index in [9.17, 15) is 0 Å². The molecule has 0 saturated carbocycles. The van der Waals surface area contributed by atoms with E-state index >= 15 is 0 Å². The van der Waals surface area contributed by atoms with Crippen molar-refractivity contribution in [2.24, 2.45) is 0 Å². The van der Waals surface area contributed by atoms with Crippen LogP contribution in [0.1, 0.15) is 28.7 Å². The van der Waals surface area contributed by atoms with Gasteiger partial charge < -0.3 is 0 Å². The molecular formula is C33H32Cl2Zr. The summed E-state index contributed by atoms with van der Waals surface area (Å²) in [5, 5.41) is 0. The van der Waals surface area contributed by atoms with Gasteiger partial charge in [-0.1, -0.05) is 0 Å². The SMILES string of the molecule is Cl.Cl.[CH2]=[Zr]([C]1=CC=CC1)([c]1cccc(C)c1)([c]1cccc(C)c1)[c]1cccc2c1Cc1ccccc1-2. The Morgan fingerprint density at radius 1 is 0.694 bits per heavy atom. The average molecular weight is 591 g/mol. The van der Waals surface area contributed by atoms with E-state index in [0.29, 0.717) is 0 Å². The Balaban J connectivity index is 0.00000152. The third-order valence-electron chi connectivity index (χ3n) is 8.24. The molecule has 2 aliphatic carbocycles. The summed E-state index contributed by atoms with van der Waals surface area (Å²) >= 11 is -4.52. The number of fused-ring (bicyclic) bond motifs is 3. The van der Waals surface area contributed by atoms with Gasteiger partial charge in [-0.3, -0.25) is 0 Å². The molecular weight excluding hydrogens is 558 g/mol. The van der Waals surface area contributed by atoms with Gasteiger partial charge in [-0.15, -0.1) is 24.8 Å². The normalized spacial score (nSPS) is 13.8. The van der Waals surface area contributed by atoms with Crippen LogP contribution in [0, 0.1) is 13.8 Å². The van der Waals surface area contributed by atoms with Crippen molar-refractivity contribution in [2.45, 2.75) is 26.7 Å². The Kier molecular flexibility index (Phi) is 7.33. The Labute approximate surface area is 228 Å². The monoisotopic (exact) mass is 588 g/mol. The average Bonchev–Trinajstić information content (AvgIpc) is 3.52. The summed E-state index contributed by atoms with van der Waals surface area (Å²) < 4.78 is 11.4. The molecule has 3 heteroatoms. The van der Waals surface area contributed by atoms with Gasteiger partial charge in [-0.25, -0.2) is 0 Å². The second-order valence-corrected chi connectivity index (χ2v) is 23.1. The second kappa shape index (κ2) is 9.87. The first-order valence-corrected chi connectivity index (χ1v) is 18.9. The fourth-order valence-electron chi connectivity index (χ4n) is 6.53. The number of hydrogen-bond acceptors (Lipinski definition) is 0. The Morgan fingerprint density at radius 3 is 1.92 bits per heavy atom. The van der Waals surface area contributed by atoms with E-state index in [-0.39, 0.29) is 24.8 Å². The summed E-state index contributed by atoms with van der Waals surface area (Å²) in [6, 6.07) is 34.4. The number of aryl methyl sites for hydroxylation is 2. The van der Waals surface area contributed by atoms with Crippen LogP contribution in [0.3, 0.4) is 0 Å². The van der Waals surface area contributed by atoms with E-state index in [1.54, 1.807) is 0 Å². The Hall–Kier alpha value is -2.31. The molecule has 0 radical (unpaired) electrons. The van der Waals surface area contributed by atoms with E-state index in [1.807, 2.05) is 0 Å². The standard InChI is InChI=1S/C13H9.2C7H7.C5H5.CH2.2ClH.Zr/c1-3-7-12-10(5-1)9-11-6-2-4-8-13(11)12;2*1-7-5-3-2-4-6-7;1-2-4-5-3-1;;;;/h1-5,7-8H,9H2;2*2-3,5-6H,1H3;1-3H,4H2;1H2;2*1H;. The topological polar surface area (TPSA) is 0 Å². The maximum atomic E-state index is 5.52. The molecule has 0 aliphatic heterocycles. The molecule has 0 aromatic heterocycles. The summed E-state index contributed by atoms with van der Waals surface area (Å²) in [7, 11) is 0. The van der Waals surface area contributed by atoms with Gasteiger partial charge in [0.15, 0.2) is 0 Å². The third-order valence-corrected chi connectivity index (χ3v) is 24.5. The van der Waals surface area contributed by atoms with Crippen molar-refractivity contribution >= 4 is 38.8 Å². The summed E-state index contributed by atoms with van der Waals surface area (Å²) in [6.45, 7) is 4.43. The number of halogens is 2. The molecule has 0 saturated heterocycles. The molecule has 0 spiro atoms. The van der Waals surface area contributed by atoms with Crippen molar-refractivity contribution in [3.05, 3.63) is 135 Å². The molecule has 6 rings (SSSR count). The molecule has 0 nitrogen and oxygen atoms in total. The van der Waals surface area contributed by atoms with Gasteiger partial charge in [0.2, 0.25) is 0 Å². The van der Waals surface area contributed by atoms with Gasteiger partial charge in [0.25, 0.3) is 0 Å². The molecule has 0 N–H and O–H groups in total. The van der Waals surface area contributed by atoms with Crippen molar-refractivity contribution in [1.82, 2.24) is 0 Å². The van der Waals surface area contributed by atoms with E-state index in [4.69, 9.17) is 4.21 Å². The number of hydrogen-bond donors (Lipinski definition) is 0. The molecule has 2 aliphatic rings. The second-order valence-electron chi connectivity index (χ2n) is 10.2. The molecule has 0 fully saturated rings. The van der Waals surface area contributed by atoms with Crippen molar-refractivity contribution in [3.8, 4) is 11.1 Å². The fourth-order valence-corrected chi connectivity index (χ4v) is 22.4. The van der Waals surface area contributed by atoms with Gasteiger partial charge >= 0.3 is 205 Å². The van der Waals surface area contributed by atoms with Crippen molar-refractivity contribution in [2.75, 3.05) is 0 Å². The molecule has 0 unspecified atom stereocenters. The zero-order valence-electron chi connectivity index (χ0n) is 20.8.